The highest BCUT2D eigenvalue weighted by atomic mass is 16.5. The Balaban J connectivity index is 2.12. The Labute approximate surface area is 134 Å². The van der Waals surface area contributed by atoms with Crippen molar-refractivity contribution >= 4 is 16.9 Å². The number of fused-ring (bicyclic) bond motifs is 1. The van der Waals surface area contributed by atoms with Crippen molar-refractivity contribution in [1.29, 1.82) is 0 Å². The molecule has 0 atom stereocenters. The lowest BCUT2D eigenvalue weighted by Crippen LogP contribution is -2.11. The van der Waals surface area contributed by atoms with Gasteiger partial charge in [-0.2, -0.15) is 5.10 Å². The smallest absolute Gasteiger partial charge is 0.341 e. The summed E-state index contributed by atoms with van der Waals surface area (Å²) >= 11 is 0. The normalized spacial score (nSPS) is 11.1. The van der Waals surface area contributed by atoms with Gasteiger partial charge in [-0.3, -0.25) is 4.98 Å². The molecule has 0 N–H and O–H groups in total. The summed E-state index contributed by atoms with van der Waals surface area (Å²) in [6.45, 7) is 6.23. The zero-order valence-electron chi connectivity index (χ0n) is 13.5. The van der Waals surface area contributed by atoms with Crippen molar-refractivity contribution in [3.05, 3.63) is 54.0 Å². The molecule has 118 valence electrons. The maximum absolute atomic E-state index is 12.1. The van der Waals surface area contributed by atoms with E-state index in [2.05, 4.69) is 10.1 Å². The van der Waals surface area contributed by atoms with E-state index in [1.807, 2.05) is 48.9 Å². The van der Waals surface area contributed by atoms with Crippen LogP contribution < -0.4 is 0 Å². The van der Waals surface area contributed by atoms with Gasteiger partial charge in [0.2, 0.25) is 0 Å². The second kappa shape index (κ2) is 6.20. The molecule has 1 aromatic carbocycles. The van der Waals surface area contributed by atoms with E-state index >= 15 is 0 Å². The molecule has 23 heavy (non-hydrogen) atoms. The summed E-state index contributed by atoms with van der Waals surface area (Å²) in [4.78, 5) is 16.5. The van der Waals surface area contributed by atoms with Crippen LogP contribution in [0.25, 0.3) is 16.6 Å². The summed E-state index contributed by atoms with van der Waals surface area (Å²) < 4.78 is 6.94. The average Bonchev–Trinajstić information content (AvgIpc) is 3.00. The van der Waals surface area contributed by atoms with E-state index in [-0.39, 0.29) is 11.9 Å². The Morgan fingerprint density at radius 2 is 2.13 bits per heavy atom. The van der Waals surface area contributed by atoms with Crippen LogP contribution in [0.4, 0.5) is 0 Å². The highest BCUT2D eigenvalue weighted by Crippen LogP contribution is 2.25. The molecule has 0 radical (unpaired) electrons. The maximum atomic E-state index is 12.1. The number of rotatable bonds is 4. The molecule has 0 aliphatic carbocycles. The standard InChI is InChI=1S/C18H19N3O2/c1-4-23-18(22)15-11-20-21(17(15)12(2)3)14-7-8-16-13(10-14)6-5-9-19-16/h5-12H,4H2,1-3H3. The Kier molecular flexibility index (Phi) is 4.10. The number of carbonyl (C=O) groups is 1. The minimum atomic E-state index is -0.329. The lowest BCUT2D eigenvalue weighted by molar-refractivity contribution is 0.0524. The number of nitrogens with zero attached hydrogens (tertiary/aromatic N) is 3. The van der Waals surface area contributed by atoms with Crippen LogP contribution in [0.15, 0.2) is 42.7 Å². The first-order chi connectivity index (χ1) is 11.1. The van der Waals surface area contributed by atoms with Crippen LogP contribution in [0, 0.1) is 0 Å². The van der Waals surface area contributed by atoms with E-state index < -0.39 is 0 Å². The molecular formula is C18H19N3O2. The van der Waals surface area contributed by atoms with Gasteiger partial charge in [-0.1, -0.05) is 19.9 Å². The molecule has 0 amide bonds. The fourth-order valence-corrected chi connectivity index (χ4v) is 2.68. The molecule has 0 unspecified atom stereocenters. The van der Waals surface area contributed by atoms with Crippen molar-refractivity contribution in [3.8, 4) is 5.69 Å². The van der Waals surface area contributed by atoms with Crippen LogP contribution >= 0.6 is 0 Å². The van der Waals surface area contributed by atoms with E-state index in [9.17, 15) is 4.79 Å². The monoisotopic (exact) mass is 309 g/mol. The van der Waals surface area contributed by atoms with Gasteiger partial charge >= 0.3 is 5.97 Å². The second-order valence-electron chi connectivity index (χ2n) is 5.61. The summed E-state index contributed by atoms with van der Waals surface area (Å²) in [5, 5.41) is 5.45. The molecule has 2 aromatic heterocycles. The summed E-state index contributed by atoms with van der Waals surface area (Å²) in [5.41, 5.74) is 3.21. The van der Waals surface area contributed by atoms with Gasteiger partial charge in [-0.15, -0.1) is 0 Å². The zero-order valence-corrected chi connectivity index (χ0v) is 13.5. The third-order valence-corrected chi connectivity index (χ3v) is 3.68. The Hall–Kier alpha value is -2.69. The fourth-order valence-electron chi connectivity index (χ4n) is 2.68. The highest BCUT2D eigenvalue weighted by molar-refractivity contribution is 5.91. The van der Waals surface area contributed by atoms with Gasteiger partial charge in [0, 0.05) is 11.6 Å². The number of aromatic nitrogens is 3. The minimum absolute atomic E-state index is 0.140. The van der Waals surface area contributed by atoms with Crippen molar-refractivity contribution < 1.29 is 9.53 Å². The summed E-state index contributed by atoms with van der Waals surface area (Å²) in [5.74, 6) is -0.189. The van der Waals surface area contributed by atoms with Gasteiger partial charge in [-0.05, 0) is 37.1 Å². The first-order valence-electron chi connectivity index (χ1n) is 7.72. The van der Waals surface area contributed by atoms with Crippen LogP contribution in [-0.4, -0.2) is 27.3 Å². The van der Waals surface area contributed by atoms with E-state index in [1.54, 1.807) is 19.3 Å². The van der Waals surface area contributed by atoms with Crippen LogP contribution in [-0.2, 0) is 4.74 Å². The van der Waals surface area contributed by atoms with Crippen molar-refractivity contribution in [2.45, 2.75) is 26.7 Å². The molecule has 2 heterocycles. The zero-order chi connectivity index (χ0) is 16.4. The molecule has 5 nitrogen and oxygen atoms in total. The number of pyridine rings is 1. The maximum Gasteiger partial charge on any atom is 0.341 e. The summed E-state index contributed by atoms with van der Waals surface area (Å²) in [7, 11) is 0. The molecule has 0 fully saturated rings. The Bertz CT molecular complexity index is 852. The fraction of sp³-hybridized carbons (Fsp3) is 0.278. The minimum Gasteiger partial charge on any atom is -0.462 e. The Morgan fingerprint density at radius 3 is 2.87 bits per heavy atom. The third-order valence-electron chi connectivity index (χ3n) is 3.68. The molecule has 5 heteroatoms. The predicted octanol–water partition coefficient (Wildman–Crippen LogP) is 3.72. The summed E-state index contributed by atoms with van der Waals surface area (Å²) in [6.07, 6.45) is 3.36. The molecule has 0 saturated carbocycles. The Morgan fingerprint density at radius 1 is 1.30 bits per heavy atom. The third kappa shape index (κ3) is 2.82. The molecule has 0 aliphatic heterocycles. The highest BCUT2D eigenvalue weighted by Gasteiger charge is 2.21. The van der Waals surface area contributed by atoms with Crippen molar-refractivity contribution in [2.24, 2.45) is 0 Å². The van der Waals surface area contributed by atoms with Crippen LogP contribution in [0.3, 0.4) is 0 Å². The second-order valence-corrected chi connectivity index (χ2v) is 5.61. The van der Waals surface area contributed by atoms with E-state index in [1.165, 1.54) is 0 Å². The molecule has 3 rings (SSSR count). The molecule has 0 bridgehead atoms. The SMILES string of the molecule is CCOC(=O)c1cnn(-c2ccc3ncccc3c2)c1C(C)C. The van der Waals surface area contributed by atoms with Gasteiger partial charge in [0.05, 0.1) is 29.7 Å². The van der Waals surface area contributed by atoms with Gasteiger partial charge in [0.1, 0.15) is 5.56 Å². The summed E-state index contributed by atoms with van der Waals surface area (Å²) in [6, 6.07) is 9.86. The van der Waals surface area contributed by atoms with E-state index in [0.717, 1.165) is 22.3 Å². The largest absolute Gasteiger partial charge is 0.462 e. The van der Waals surface area contributed by atoms with Crippen molar-refractivity contribution in [1.82, 2.24) is 14.8 Å². The molecule has 0 aliphatic rings. The number of carbonyl (C=O) groups excluding carboxylic acids is 1. The number of hydrogen-bond donors (Lipinski definition) is 0. The van der Waals surface area contributed by atoms with E-state index in [0.29, 0.717) is 12.2 Å². The van der Waals surface area contributed by atoms with Crippen LogP contribution in [0.5, 0.6) is 0 Å². The first kappa shape index (κ1) is 15.2. The number of benzene rings is 1. The lowest BCUT2D eigenvalue weighted by atomic mass is 10.1. The van der Waals surface area contributed by atoms with Gasteiger partial charge < -0.3 is 4.74 Å². The molecule has 0 saturated heterocycles. The van der Waals surface area contributed by atoms with Gasteiger partial charge in [0.25, 0.3) is 0 Å². The number of hydrogen-bond acceptors (Lipinski definition) is 4. The molecule has 0 spiro atoms. The van der Waals surface area contributed by atoms with Crippen LogP contribution in [0.1, 0.15) is 42.7 Å². The quantitative estimate of drug-likeness (QED) is 0.689. The van der Waals surface area contributed by atoms with Gasteiger partial charge in [0.15, 0.2) is 0 Å². The predicted molar refractivity (Wildman–Crippen MR) is 88.9 cm³/mol. The topological polar surface area (TPSA) is 57.0 Å². The van der Waals surface area contributed by atoms with E-state index in [4.69, 9.17) is 4.74 Å². The number of esters is 1. The van der Waals surface area contributed by atoms with Crippen molar-refractivity contribution in [2.75, 3.05) is 6.61 Å². The molecular weight excluding hydrogens is 290 g/mol. The van der Waals surface area contributed by atoms with Crippen molar-refractivity contribution in [3.63, 3.8) is 0 Å². The first-order valence-corrected chi connectivity index (χ1v) is 7.72. The number of ether oxygens (including phenoxy) is 1. The average molecular weight is 309 g/mol. The molecule has 3 aromatic rings. The van der Waals surface area contributed by atoms with Gasteiger partial charge in [-0.25, -0.2) is 9.48 Å². The van der Waals surface area contributed by atoms with Crippen LogP contribution in [0.2, 0.25) is 0 Å². The lowest BCUT2D eigenvalue weighted by Gasteiger charge is -2.13.